The number of nitrogens with two attached hydrogens (primary N) is 2. The average Bonchev–Trinajstić information content (AvgIpc) is 2.16. The zero-order valence-electron chi connectivity index (χ0n) is 8.00. The van der Waals surface area contributed by atoms with Gasteiger partial charge in [-0.2, -0.15) is 0 Å². The van der Waals surface area contributed by atoms with Crippen molar-refractivity contribution >= 4 is 18.4 Å². The summed E-state index contributed by atoms with van der Waals surface area (Å²) >= 11 is 0. The summed E-state index contributed by atoms with van der Waals surface area (Å²) in [6.45, 7) is 0.416. The Morgan fingerprint density at radius 2 is 2.13 bits per heavy atom. The van der Waals surface area contributed by atoms with Crippen molar-refractivity contribution in [2.75, 3.05) is 0 Å². The zero-order valence-corrected chi connectivity index (χ0v) is 8.81. The Balaban J connectivity index is 0.00000196. The highest BCUT2D eigenvalue weighted by molar-refractivity contribution is 5.85. The van der Waals surface area contributed by atoms with Crippen LogP contribution in [0.25, 0.3) is 0 Å². The maximum atomic E-state index is 13.1. The van der Waals surface area contributed by atoms with Gasteiger partial charge in [-0.1, -0.05) is 6.07 Å². The summed E-state index contributed by atoms with van der Waals surface area (Å²) in [5.41, 5.74) is 11.4. The van der Waals surface area contributed by atoms with Crippen LogP contribution >= 0.6 is 12.4 Å². The Morgan fingerprint density at radius 3 is 2.67 bits per heavy atom. The molecule has 0 aliphatic rings. The molecule has 0 aromatic heterocycles. The van der Waals surface area contributed by atoms with Crippen molar-refractivity contribution in [2.24, 2.45) is 11.5 Å². The highest BCUT2D eigenvalue weighted by Crippen LogP contribution is 2.09. The van der Waals surface area contributed by atoms with Gasteiger partial charge in [-0.15, -0.1) is 12.4 Å². The van der Waals surface area contributed by atoms with Crippen molar-refractivity contribution in [1.82, 2.24) is 5.32 Å². The molecule has 0 aliphatic carbocycles. The monoisotopic (exact) mass is 233 g/mol. The van der Waals surface area contributed by atoms with E-state index in [-0.39, 0.29) is 24.8 Å². The minimum Gasteiger partial charge on any atom is -0.352 e. The molecule has 2 amide bonds. The second kappa shape index (κ2) is 6.21. The largest absolute Gasteiger partial charge is 0.352 e. The van der Waals surface area contributed by atoms with E-state index in [0.29, 0.717) is 12.1 Å². The lowest BCUT2D eigenvalue weighted by Gasteiger charge is -2.05. The van der Waals surface area contributed by atoms with E-state index in [0.717, 1.165) is 5.56 Å². The molecule has 0 fully saturated rings. The van der Waals surface area contributed by atoms with E-state index in [2.05, 4.69) is 5.32 Å². The van der Waals surface area contributed by atoms with Crippen LogP contribution in [0.3, 0.4) is 0 Å². The van der Waals surface area contributed by atoms with Crippen molar-refractivity contribution in [3.8, 4) is 0 Å². The van der Waals surface area contributed by atoms with E-state index in [4.69, 9.17) is 11.5 Å². The van der Waals surface area contributed by atoms with Gasteiger partial charge in [-0.05, 0) is 17.7 Å². The van der Waals surface area contributed by atoms with Crippen LogP contribution in [0.4, 0.5) is 9.18 Å². The summed E-state index contributed by atoms with van der Waals surface area (Å²) in [7, 11) is 0. The molecule has 15 heavy (non-hydrogen) atoms. The first kappa shape index (κ1) is 13.7. The number of primary amides is 1. The molecule has 4 nitrogen and oxygen atoms in total. The standard InChI is InChI=1S/C9H12FN3O.ClH/c10-8-2-1-6(4-11)3-7(8)5-13-9(12)14;/h1-3H,4-5,11H2,(H3,12,13,14);1H. The highest BCUT2D eigenvalue weighted by atomic mass is 35.5. The maximum absolute atomic E-state index is 13.1. The fourth-order valence-electron chi connectivity index (χ4n) is 1.07. The van der Waals surface area contributed by atoms with Crippen LogP contribution in [0.2, 0.25) is 0 Å². The number of amides is 2. The molecule has 0 saturated carbocycles. The number of hydrogen-bond acceptors (Lipinski definition) is 2. The minimum atomic E-state index is -0.678. The predicted molar refractivity (Wildman–Crippen MR) is 58.0 cm³/mol. The van der Waals surface area contributed by atoms with Crippen LogP contribution in [-0.4, -0.2) is 6.03 Å². The van der Waals surface area contributed by atoms with E-state index >= 15 is 0 Å². The van der Waals surface area contributed by atoms with Crippen LogP contribution < -0.4 is 16.8 Å². The average molecular weight is 234 g/mol. The fourth-order valence-corrected chi connectivity index (χ4v) is 1.07. The quantitative estimate of drug-likeness (QED) is 0.724. The van der Waals surface area contributed by atoms with Gasteiger partial charge in [0.25, 0.3) is 0 Å². The van der Waals surface area contributed by atoms with E-state index in [9.17, 15) is 9.18 Å². The van der Waals surface area contributed by atoms with Gasteiger partial charge in [0.1, 0.15) is 5.82 Å². The molecule has 0 spiro atoms. The molecule has 6 heteroatoms. The van der Waals surface area contributed by atoms with E-state index < -0.39 is 6.03 Å². The van der Waals surface area contributed by atoms with Gasteiger partial charge in [-0.25, -0.2) is 9.18 Å². The van der Waals surface area contributed by atoms with Crippen LogP contribution in [-0.2, 0) is 13.1 Å². The molecular weight excluding hydrogens is 221 g/mol. The van der Waals surface area contributed by atoms with Gasteiger partial charge in [0, 0.05) is 18.7 Å². The summed E-state index contributed by atoms with van der Waals surface area (Å²) in [6, 6.07) is 3.84. The van der Waals surface area contributed by atoms with Gasteiger partial charge in [0.15, 0.2) is 0 Å². The van der Waals surface area contributed by atoms with Gasteiger partial charge in [0.2, 0.25) is 0 Å². The summed E-state index contributed by atoms with van der Waals surface area (Å²) < 4.78 is 13.1. The Kier molecular flexibility index (Phi) is 5.66. The molecule has 84 valence electrons. The third kappa shape index (κ3) is 4.14. The number of urea groups is 1. The molecule has 5 N–H and O–H groups in total. The Labute approximate surface area is 93.2 Å². The van der Waals surface area contributed by atoms with Crippen molar-refractivity contribution in [3.63, 3.8) is 0 Å². The highest BCUT2D eigenvalue weighted by Gasteiger charge is 2.03. The molecular formula is C9H13ClFN3O. The zero-order chi connectivity index (χ0) is 10.6. The van der Waals surface area contributed by atoms with Crippen molar-refractivity contribution in [2.45, 2.75) is 13.1 Å². The van der Waals surface area contributed by atoms with Gasteiger partial charge >= 0.3 is 6.03 Å². The van der Waals surface area contributed by atoms with Crippen molar-refractivity contribution in [3.05, 3.63) is 35.1 Å². The third-order valence-corrected chi connectivity index (χ3v) is 1.80. The molecule has 0 atom stereocenters. The molecule has 0 aliphatic heterocycles. The second-order valence-electron chi connectivity index (χ2n) is 2.85. The summed E-state index contributed by atoms with van der Waals surface area (Å²) in [6.07, 6.45) is 0. The van der Waals surface area contributed by atoms with E-state index in [1.165, 1.54) is 6.07 Å². The first-order valence-electron chi connectivity index (χ1n) is 4.14. The number of carbonyl (C=O) groups is 1. The SMILES string of the molecule is Cl.NCc1ccc(F)c(CNC(N)=O)c1. The molecule has 0 radical (unpaired) electrons. The topological polar surface area (TPSA) is 81.1 Å². The lowest BCUT2D eigenvalue weighted by Crippen LogP contribution is -2.29. The van der Waals surface area contributed by atoms with Crippen molar-refractivity contribution in [1.29, 1.82) is 0 Å². The van der Waals surface area contributed by atoms with Gasteiger partial charge < -0.3 is 16.8 Å². The second-order valence-corrected chi connectivity index (χ2v) is 2.85. The van der Waals surface area contributed by atoms with E-state index in [1.54, 1.807) is 12.1 Å². The number of rotatable bonds is 3. The number of nitrogens with one attached hydrogen (secondary N) is 1. The van der Waals surface area contributed by atoms with Crippen LogP contribution in [0, 0.1) is 5.82 Å². The first-order valence-corrected chi connectivity index (χ1v) is 4.14. The van der Waals surface area contributed by atoms with Crippen molar-refractivity contribution < 1.29 is 9.18 Å². The van der Waals surface area contributed by atoms with Crippen LogP contribution in [0.15, 0.2) is 18.2 Å². The Hall–Kier alpha value is -1.33. The number of benzene rings is 1. The molecule has 0 heterocycles. The third-order valence-electron chi connectivity index (χ3n) is 1.80. The Bertz CT molecular complexity index is 346. The maximum Gasteiger partial charge on any atom is 0.312 e. The number of halogens is 2. The molecule has 0 bridgehead atoms. The lowest BCUT2D eigenvalue weighted by atomic mass is 10.1. The molecule has 1 aromatic rings. The van der Waals surface area contributed by atoms with Crippen LogP contribution in [0.1, 0.15) is 11.1 Å². The summed E-state index contributed by atoms with van der Waals surface area (Å²) in [5, 5.41) is 2.31. The first-order chi connectivity index (χ1) is 6.63. The Morgan fingerprint density at radius 1 is 1.47 bits per heavy atom. The minimum absolute atomic E-state index is 0. The predicted octanol–water partition coefficient (Wildman–Crippen LogP) is 0.875. The van der Waals surface area contributed by atoms with Gasteiger partial charge in [0.05, 0.1) is 0 Å². The summed E-state index contributed by atoms with van der Waals surface area (Å²) in [5.74, 6) is -0.379. The summed E-state index contributed by atoms with van der Waals surface area (Å²) in [4.78, 5) is 10.4. The normalized spacial score (nSPS) is 9.20. The van der Waals surface area contributed by atoms with Gasteiger partial charge in [-0.3, -0.25) is 0 Å². The van der Waals surface area contributed by atoms with E-state index in [1.807, 2.05) is 0 Å². The van der Waals surface area contributed by atoms with Crippen LogP contribution in [0.5, 0.6) is 0 Å². The fraction of sp³-hybridized carbons (Fsp3) is 0.222. The lowest BCUT2D eigenvalue weighted by molar-refractivity contribution is 0.248. The molecule has 0 saturated heterocycles. The molecule has 0 unspecified atom stereocenters. The molecule has 1 rings (SSSR count). The molecule has 1 aromatic carbocycles. The number of hydrogen-bond donors (Lipinski definition) is 3. The number of carbonyl (C=O) groups excluding carboxylic acids is 1. The smallest absolute Gasteiger partial charge is 0.312 e.